The number of hydrogen-bond acceptors (Lipinski definition) is 1. The molecule has 2 heteroatoms. The summed E-state index contributed by atoms with van der Waals surface area (Å²) < 4.78 is 2.37. The molecule has 9 rings (SSSR count). The molecule has 2 nitrogen and oxygen atoms in total. The molecule has 206 valence electrons. The van der Waals surface area contributed by atoms with Crippen LogP contribution in [-0.4, -0.2) is 4.57 Å². The average Bonchev–Trinajstić information content (AvgIpc) is 3.43. The summed E-state index contributed by atoms with van der Waals surface area (Å²) in [6, 6.07) is 61.5. The second-order valence-corrected chi connectivity index (χ2v) is 11.4. The van der Waals surface area contributed by atoms with Crippen LogP contribution in [0.3, 0.4) is 0 Å². The summed E-state index contributed by atoms with van der Waals surface area (Å²) in [7, 11) is 0. The van der Waals surface area contributed by atoms with Crippen molar-refractivity contribution >= 4 is 71.2 Å². The lowest BCUT2D eigenvalue weighted by atomic mass is 9.95. The molecule has 0 N–H and O–H groups in total. The first-order valence-electron chi connectivity index (χ1n) is 15.1. The number of para-hydroxylation sites is 3. The molecule has 44 heavy (non-hydrogen) atoms. The van der Waals surface area contributed by atoms with E-state index in [1.54, 1.807) is 0 Å². The summed E-state index contributed by atoms with van der Waals surface area (Å²) >= 11 is 0. The zero-order valence-corrected chi connectivity index (χ0v) is 24.1. The number of benzene rings is 8. The number of fused-ring (bicyclic) bond motifs is 8. The maximum atomic E-state index is 2.43. The highest BCUT2D eigenvalue weighted by molar-refractivity contribution is 6.24. The Bertz CT molecular complexity index is 2490. The van der Waals surface area contributed by atoms with Crippen molar-refractivity contribution in [1.29, 1.82) is 0 Å². The first-order valence-corrected chi connectivity index (χ1v) is 15.1. The fraction of sp³-hybridized carbons (Fsp3) is 0. The van der Waals surface area contributed by atoms with Crippen LogP contribution in [0.15, 0.2) is 170 Å². The molecule has 0 bridgehead atoms. The van der Waals surface area contributed by atoms with Gasteiger partial charge in [-0.05, 0) is 81.5 Å². The van der Waals surface area contributed by atoms with Crippen molar-refractivity contribution in [3.8, 4) is 5.69 Å². The van der Waals surface area contributed by atoms with Crippen LogP contribution in [0.1, 0.15) is 0 Å². The van der Waals surface area contributed by atoms with Gasteiger partial charge in [0.15, 0.2) is 0 Å². The van der Waals surface area contributed by atoms with Crippen LogP contribution in [0.5, 0.6) is 0 Å². The van der Waals surface area contributed by atoms with Crippen LogP contribution < -0.4 is 4.90 Å². The van der Waals surface area contributed by atoms with E-state index in [-0.39, 0.29) is 0 Å². The predicted octanol–water partition coefficient (Wildman–Crippen LogP) is 11.7. The number of anilines is 3. The van der Waals surface area contributed by atoms with Crippen LogP contribution in [0.4, 0.5) is 17.1 Å². The maximum Gasteiger partial charge on any atom is 0.0546 e. The van der Waals surface area contributed by atoms with Gasteiger partial charge in [-0.15, -0.1) is 0 Å². The molecule has 8 aromatic carbocycles. The first-order chi connectivity index (χ1) is 21.8. The lowest BCUT2D eigenvalue weighted by Crippen LogP contribution is -2.10. The molecule has 0 fully saturated rings. The topological polar surface area (TPSA) is 8.17 Å². The molecule has 0 atom stereocenters. The molecule has 1 aromatic heterocycles. The van der Waals surface area contributed by atoms with E-state index in [2.05, 4.69) is 179 Å². The minimum atomic E-state index is 1.13. The molecule has 9 aromatic rings. The van der Waals surface area contributed by atoms with Gasteiger partial charge in [-0.3, -0.25) is 0 Å². The minimum absolute atomic E-state index is 1.13. The molecule has 0 radical (unpaired) electrons. The third kappa shape index (κ3) is 3.75. The molecular weight excluding hydrogens is 532 g/mol. The van der Waals surface area contributed by atoms with Gasteiger partial charge in [0.25, 0.3) is 0 Å². The largest absolute Gasteiger partial charge is 0.310 e. The van der Waals surface area contributed by atoms with Crippen molar-refractivity contribution in [2.45, 2.75) is 0 Å². The number of nitrogens with zero attached hydrogens (tertiary/aromatic N) is 2. The summed E-state index contributed by atoms with van der Waals surface area (Å²) in [5.74, 6) is 0. The van der Waals surface area contributed by atoms with Crippen LogP contribution in [0.25, 0.3) is 59.8 Å². The third-order valence-electron chi connectivity index (χ3n) is 8.91. The SMILES string of the molecule is c1ccc(N(c2ccc3c(c2)c2ccccc2n3-c2ccccc2)c2cccc3ccc4ccc5ccccc5c4c23)cc1. The Hall–Kier alpha value is -5.86. The van der Waals surface area contributed by atoms with Crippen molar-refractivity contribution in [3.05, 3.63) is 170 Å². The van der Waals surface area contributed by atoms with Crippen molar-refractivity contribution in [2.24, 2.45) is 0 Å². The second-order valence-electron chi connectivity index (χ2n) is 11.4. The average molecular weight is 561 g/mol. The Kier molecular flexibility index (Phi) is 5.54. The normalized spacial score (nSPS) is 11.6. The quantitative estimate of drug-likeness (QED) is 0.194. The van der Waals surface area contributed by atoms with Gasteiger partial charge in [-0.2, -0.15) is 0 Å². The van der Waals surface area contributed by atoms with E-state index in [9.17, 15) is 0 Å². The van der Waals surface area contributed by atoms with Crippen LogP contribution >= 0.6 is 0 Å². The van der Waals surface area contributed by atoms with Crippen molar-refractivity contribution < 1.29 is 0 Å². The standard InChI is InChI=1S/C42H28N2/c1-3-14-32(15-4-1)43(40-21-11-13-30-24-25-31-23-22-29-12-7-8-18-35(29)41(31)42(30)40)34-26-27-39-37(28-34)36-19-9-10-20-38(36)44(39)33-16-5-2-6-17-33/h1-28H. The highest BCUT2D eigenvalue weighted by Crippen LogP contribution is 2.44. The van der Waals surface area contributed by atoms with E-state index < -0.39 is 0 Å². The maximum absolute atomic E-state index is 2.43. The Labute approximate surface area is 255 Å². The number of rotatable bonds is 4. The lowest BCUT2D eigenvalue weighted by Gasteiger charge is -2.28. The first kappa shape index (κ1) is 24.7. The fourth-order valence-electron chi connectivity index (χ4n) is 7.00. The molecule has 0 amide bonds. The van der Waals surface area contributed by atoms with E-state index in [1.807, 2.05) is 0 Å². The molecule has 0 aliphatic carbocycles. The van der Waals surface area contributed by atoms with Gasteiger partial charge in [0.05, 0.1) is 16.7 Å². The van der Waals surface area contributed by atoms with Crippen LogP contribution in [0.2, 0.25) is 0 Å². The fourth-order valence-corrected chi connectivity index (χ4v) is 7.00. The molecule has 0 unspecified atom stereocenters. The van der Waals surface area contributed by atoms with Gasteiger partial charge >= 0.3 is 0 Å². The van der Waals surface area contributed by atoms with Crippen LogP contribution in [-0.2, 0) is 0 Å². The summed E-state index contributed by atoms with van der Waals surface area (Å²) in [4.78, 5) is 2.43. The number of aromatic nitrogens is 1. The third-order valence-corrected chi connectivity index (χ3v) is 8.91. The van der Waals surface area contributed by atoms with E-state index >= 15 is 0 Å². The molecule has 0 saturated carbocycles. The molecule has 0 saturated heterocycles. The predicted molar refractivity (Wildman–Crippen MR) is 188 cm³/mol. The zero-order chi connectivity index (χ0) is 29.0. The molecule has 0 aliphatic heterocycles. The lowest BCUT2D eigenvalue weighted by molar-refractivity contribution is 1.18. The van der Waals surface area contributed by atoms with Gasteiger partial charge in [-0.25, -0.2) is 0 Å². The van der Waals surface area contributed by atoms with Gasteiger partial charge in [0.1, 0.15) is 0 Å². The van der Waals surface area contributed by atoms with Gasteiger partial charge in [0, 0.05) is 33.2 Å². The van der Waals surface area contributed by atoms with Crippen molar-refractivity contribution in [1.82, 2.24) is 4.57 Å². The van der Waals surface area contributed by atoms with E-state index in [0.717, 1.165) is 11.4 Å². The van der Waals surface area contributed by atoms with E-state index in [4.69, 9.17) is 0 Å². The van der Waals surface area contributed by atoms with E-state index in [1.165, 1.54) is 65.5 Å². The van der Waals surface area contributed by atoms with Gasteiger partial charge < -0.3 is 9.47 Å². The zero-order valence-electron chi connectivity index (χ0n) is 24.1. The minimum Gasteiger partial charge on any atom is -0.310 e. The van der Waals surface area contributed by atoms with Gasteiger partial charge in [0.2, 0.25) is 0 Å². The highest BCUT2D eigenvalue weighted by atomic mass is 15.1. The Morgan fingerprint density at radius 1 is 0.364 bits per heavy atom. The molecule has 0 aliphatic rings. The summed E-state index contributed by atoms with van der Waals surface area (Å²) in [5.41, 5.74) is 7.00. The molecule has 0 spiro atoms. The van der Waals surface area contributed by atoms with Crippen molar-refractivity contribution in [2.75, 3.05) is 4.90 Å². The van der Waals surface area contributed by atoms with Crippen LogP contribution in [0, 0.1) is 0 Å². The Morgan fingerprint density at radius 3 is 1.80 bits per heavy atom. The second kappa shape index (κ2) is 9.86. The van der Waals surface area contributed by atoms with Crippen molar-refractivity contribution in [3.63, 3.8) is 0 Å². The Balaban J connectivity index is 1.37. The van der Waals surface area contributed by atoms with E-state index in [0.29, 0.717) is 0 Å². The summed E-state index contributed by atoms with van der Waals surface area (Å²) in [6.07, 6.45) is 0. The Morgan fingerprint density at radius 2 is 0.977 bits per heavy atom. The summed E-state index contributed by atoms with van der Waals surface area (Å²) in [6.45, 7) is 0. The van der Waals surface area contributed by atoms with Gasteiger partial charge in [-0.1, -0.05) is 115 Å². The molecule has 1 heterocycles. The smallest absolute Gasteiger partial charge is 0.0546 e. The number of hydrogen-bond donors (Lipinski definition) is 0. The highest BCUT2D eigenvalue weighted by Gasteiger charge is 2.20. The molecular formula is C42H28N2. The summed E-state index contributed by atoms with van der Waals surface area (Å²) in [5, 5.41) is 10.0. The monoisotopic (exact) mass is 560 g/mol.